The average Bonchev–Trinajstić information content (AvgIpc) is 3.16. The lowest BCUT2D eigenvalue weighted by Crippen LogP contribution is -2.23. The fourth-order valence-electron chi connectivity index (χ4n) is 3.21. The molecule has 0 saturated heterocycles. The van der Waals surface area contributed by atoms with Crippen LogP contribution in [-0.2, 0) is 21.2 Å². The highest BCUT2D eigenvalue weighted by molar-refractivity contribution is 7.89. The molecule has 0 bridgehead atoms. The Balaban J connectivity index is 1.46. The molecule has 2 aromatic carbocycles. The summed E-state index contributed by atoms with van der Waals surface area (Å²) < 4.78 is 28.2. The van der Waals surface area contributed by atoms with E-state index in [1.807, 2.05) is 48.1 Å². The second kappa shape index (κ2) is 10.9. The minimum absolute atomic E-state index is 0.189. The fourth-order valence-corrected chi connectivity index (χ4v) is 4.25. The highest BCUT2D eigenvalue weighted by Crippen LogP contribution is 2.13. The third kappa shape index (κ3) is 6.38. The number of hydrogen-bond donors (Lipinski definition) is 2. The van der Waals surface area contributed by atoms with E-state index in [9.17, 15) is 13.2 Å². The van der Waals surface area contributed by atoms with Gasteiger partial charge >= 0.3 is 0 Å². The van der Waals surface area contributed by atoms with Crippen molar-refractivity contribution in [3.05, 3.63) is 83.7 Å². The molecule has 0 unspecified atom stereocenters. The Morgan fingerprint density at radius 3 is 2.50 bits per heavy atom. The summed E-state index contributed by atoms with van der Waals surface area (Å²) in [5.74, 6) is -0.189. The third-order valence-electron chi connectivity index (χ3n) is 4.90. The molecule has 8 heteroatoms. The van der Waals surface area contributed by atoms with E-state index in [2.05, 4.69) is 15.1 Å². The first-order valence-electron chi connectivity index (χ1n) is 10.6. The SMILES string of the molecule is CCNS(=O)(=O)c1ccc(/C=C/C(=O)NCCCc2cn(-c3ccccc3)nc2C)cc1. The van der Waals surface area contributed by atoms with Gasteiger partial charge in [-0.15, -0.1) is 0 Å². The van der Waals surface area contributed by atoms with Gasteiger partial charge in [-0.2, -0.15) is 5.10 Å². The monoisotopic (exact) mass is 452 g/mol. The van der Waals surface area contributed by atoms with Gasteiger partial charge in [-0.1, -0.05) is 37.3 Å². The van der Waals surface area contributed by atoms with Gasteiger partial charge in [0.1, 0.15) is 0 Å². The predicted molar refractivity (Wildman–Crippen MR) is 126 cm³/mol. The van der Waals surface area contributed by atoms with Crippen LogP contribution >= 0.6 is 0 Å². The predicted octanol–water partition coefficient (Wildman–Crippen LogP) is 3.24. The van der Waals surface area contributed by atoms with Crippen LogP contribution in [0.5, 0.6) is 0 Å². The number of aromatic nitrogens is 2. The maximum atomic E-state index is 12.1. The molecule has 7 nitrogen and oxygen atoms in total. The number of nitrogens with one attached hydrogen (secondary N) is 2. The van der Waals surface area contributed by atoms with Crippen LogP contribution in [0.25, 0.3) is 11.8 Å². The van der Waals surface area contributed by atoms with Crippen molar-refractivity contribution in [3.8, 4) is 5.69 Å². The van der Waals surface area contributed by atoms with E-state index in [0.717, 1.165) is 35.3 Å². The van der Waals surface area contributed by atoms with Gasteiger partial charge in [-0.25, -0.2) is 17.8 Å². The average molecular weight is 453 g/mol. The lowest BCUT2D eigenvalue weighted by Gasteiger charge is -2.04. The highest BCUT2D eigenvalue weighted by Gasteiger charge is 2.11. The van der Waals surface area contributed by atoms with Crippen molar-refractivity contribution in [2.24, 2.45) is 0 Å². The molecule has 2 N–H and O–H groups in total. The number of carbonyl (C=O) groups is 1. The Labute approximate surface area is 189 Å². The zero-order valence-corrected chi connectivity index (χ0v) is 19.1. The fraction of sp³-hybridized carbons (Fsp3) is 0.250. The van der Waals surface area contributed by atoms with E-state index in [1.54, 1.807) is 25.1 Å². The summed E-state index contributed by atoms with van der Waals surface area (Å²) in [4.78, 5) is 12.3. The van der Waals surface area contributed by atoms with Gasteiger partial charge in [0.15, 0.2) is 0 Å². The molecule has 1 amide bonds. The molecule has 3 aromatic rings. The lowest BCUT2D eigenvalue weighted by atomic mass is 10.1. The number of rotatable bonds is 10. The number of nitrogens with zero attached hydrogens (tertiary/aromatic N) is 2. The van der Waals surface area contributed by atoms with Crippen molar-refractivity contribution in [2.45, 2.75) is 31.6 Å². The van der Waals surface area contributed by atoms with E-state index in [1.165, 1.54) is 18.2 Å². The van der Waals surface area contributed by atoms with Gasteiger partial charge in [0, 0.05) is 25.4 Å². The molecule has 0 radical (unpaired) electrons. The van der Waals surface area contributed by atoms with Crippen molar-refractivity contribution in [1.29, 1.82) is 0 Å². The van der Waals surface area contributed by atoms with Crippen molar-refractivity contribution >= 4 is 22.0 Å². The van der Waals surface area contributed by atoms with E-state index < -0.39 is 10.0 Å². The molecular formula is C24H28N4O3S. The van der Waals surface area contributed by atoms with Gasteiger partial charge in [0.25, 0.3) is 0 Å². The first-order chi connectivity index (χ1) is 15.4. The Morgan fingerprint density at radius 2 is 1.81 bits per heavy atom. The first kappa shape index (κ1) is 23.4. The molecule has 0 aliphatic rings. The minimum atomic E-state index is -3.47. The Hall–Kier alpha value is -3.23. The summed E-state index contributed by atoms with van der Waals surface area (Å²) in [5, 5.41) is 7.44. The van der Waals surface area contributed by atoms with Crippen LogP contribution in [0.15, 0.2) is 71.8 Å². The van der Waals surface area contributed by atoms with Crippen molar-refractivity contribution < 1.29 is 13.2 Å². The van der Waals surface area contributed by atoms with E-state index in [-0.39, 0.29) is 10.8 Å². The number of carbonyl (C=O) groups excluding carboxylic acids is 1. The molecule has 0 aliphatic carbocycles. The van der Waals surface area contributed by atoms with E-state index in [0.29, 0.717) is 13.1 Å². The molecule has 0 spiro atoms. The van der Waals surface area contributed by atoms with Gasteiger partial charge in [0.05, 0.1) is 16.3 Å². The molecule has 0 saturated carbocycles. The second-order valence-electron chi connectivity index (χ2n) is 7.32. The molecule has 1 aromatic heterocycles. The summed E-state index contributed by atoms with van der Waals surface area (Å²) in [6, 6.07) is 16.3. The maximum absolute atomic E-state index is 12.1. The number of para-hydroxylation sites is 1. The smallest absolute Gasteiger partial charge is 0.243 e. The Bertz CT molecular complexity index is 1170. The van der Waals surface area contributed by atoms with Crippen LogP contribution in [0.3, 0.4) is 0 Å². The van der Waals surface area contributed by atoms with E-state index in [4.69, 9.17) is 0 Å². The van der Waals surface area contributed by atoms with Crippen LogP contribution in [-0.4, -0.2) is 37.2 Å². The second-order valence-corrected chi connectivity index (χ2v) is 9.09. The summed E-state index contributed by atoms with van der Waals surface area (Å²) in [6.45, 7) is 4.61. The molecule has 168 valence electrons. The molecule has 0 fully saturated rings. The Kier molecular flexibility index (Phi) is 7.97. The number of hydrogen-bond acceptors (Lipinski definition) is 4. The molecule has 32 heavy (non-hydrogen) atoms. The summed E-state index contributed by atoms with van der Waals surface area (Å²) in [7, 11) is -3.47. The molecule has 1 heterocycles. The third-order valence-corrected chi connectivity index (χ3v) is 6.46. The quantitative estimate of drug-likeness (QED) is 0.365. The molecule has 0 aliphatic heterocycles. The number of amides is 1. The van der Waals surface area contributed by atoms with Crippen LogP contribution < -0.4 is 10.0 Å². The number of benzene rings is 2. The molecule has 0 atom stereocenters. The largest absolute Gasteiger partial charge is 0.353 e. The van der Waals surface area contributed by atoms with Gasteiger partial charge in [-0.3, -0.25) is 4.79 Å². The van der Waals surface area contributed by atoms with Crippen LogP contribution in [0, 0.1) is 6.92 Å². The van der Waals surface area contributed by atoms with Crippen molar-refractivity contribution in [3.63, 3.8) is 0 Å². The zero-order chi connectivity index (χ0) is 23.0. The van der Waals surface area contributed by atoms with E-state index >= 15 is 0 Å². The highest BCUT2D eigenvalue weighted by atomic mass is 32.2. The maximum Gasteiger partial charge on any atom is 0.243 e. The summed E-state index contributed by atoms with van der Waals surface area (Å²) in [5.41, 5.74) is 3.91. The topological polar surface area (TPSA) is 93.1 Å². The summed E-state index contributed by atoms with van der Waals surface area (Å²) >= 11 is 0. The van der Waals surface area contributed by atoms with Gasteiger partial charge in [0.2, 0.25) is 15.9 Å². The molecule has 3 rings (SSSR count). The first-order valence-corrected chi connectivity index (χ1v) is 12.0. The zero-order valence-electron chi connectivity index (χ0n) is 18.3. The number of aryl methyl sites for hydroxylation is 2. The van der Waals surface area contributed by atoms with Crippen LogP contribution in [0.4, 0.5) is 0 Å². The van der Waals surface area contributed by atoms with Crippen LogP contribution in [0.2, 0.25) is 0 Å². The lowest BCUT2D eigenvalue weighted by molar-refractivity contribution is -0.116. The van der Waals surface area contributed by atoms with Crippen molar-refractivity contribution in [2.75, 3.05) is 13.1 Å². The van der Waals surface area contributed by atoms with Gasteiger partial charge in [-0.05, 0) is 61.2 Å². The van der Waals surface area contributed by atoms with Crippen molar-refractivity contribution in [1.82, 2.24) is 19.8 Å². The normalized spacial score (nSPS) is 11.7. The van der Waals surface area contributed by atoms with Gasteiger partial charge < -0.3 is 5.32 Å². The number of sulfonamides is 1. The Morgan fingerprint density at radius 1 is 1.09 bits per heavy atom. The molecular weight excluding hydrogens is 424 g/mol. The standard InChI is InChI=1S/C24H28N4O3S/c1-3-26-32(30,31)23-14-11-20(12-15-23)13-16-24(29)25-17-7-8-21-18-28(27-19(21)2)22-9-5-4-6-10-22/h4-6,9-16,18,26H,3,7-8,17H2,1-2H3,(H,25,29)/b16-13+. The minimum Gasteiger partial charge on any atom is -0.353 e. The van der Waals surface area contributed by atoms with Crippen LogP contribution in [0.1, 0.15) is 30.2 Å². The summed E-state index contributed by atoms with van der Waals surface area (Å²) in [6.07, 6.45) is 6.77.